The average molecular weight is 236 g/mol. The maximum absolute atomic E-state index is 10.7. The molecule has 0 aliphatic carbocycles. The van der Waals surface area contributed by atoms with Crippen LogP contribution >= 0.6 is 0 Å². The summed E-state index contributed by atoms with van der Waals surface area (Å²) in [5.41, 5.74) is 7.36. The van der Waals surface area contributed by atoms with Crippen molar-refractivity contribution in [3.05, 3.63) is 29.8 Å². The number of anilines is 1. The summed E-state index contributed by atoms with van der Waals surface area (Å²) in [4.78, 5) is 12.1. The number of hydrogen-bond donors (Lipinski definition) is 2. The zero-order valence-corrected chi connectivity index (χ0v) is 9.50. The first kappa shape index (κ1) is 11.7. The molecule has 0 aromatic heterocycles. The maximum atomic E-state index is 10.7. The molecule has 0 saturated carbocycles. The van der Waals surface area contributed by atoms with Gasteiger partial charge in [-0.15, -0.1) is 0 Å². The number of nitrogens with zero attached hydrogens (tertiary/aromatic N) is 1. The average Bonchev–Trinajstić information content (AvgIpc) is 2.77. The molecular weight excluding hydrogens is 220 g/mol. The number of hydrogen-bond acceptors (Lipinski definition) is 3. The molecule has 1 atom stereocenters. The standard InChI is InChI=1S/C12H16N2O3/c13-10-3-1-9(2-4-10)8-17-11-5-6-14(7-11)12(15)16/h1-4,11H,5-8,13H2,(H,15,16). The Hall–Kier alpha value is -1.75. The summed E-state index contributed by atoms with van der Waals surface area (Å²) in [6.45, 7) is 1.52. The van der Waals surface area contributed by atoms with E-state index in [0.29, 0.717) is 19.7 Å². The summed E-state index contributed by atoms with van der Waals surface area (Å²) in [6, 6.07) is 7.49. The van der Waals surface area contributed by atoms with Gasteiger partial charge in [-0.2, -0.15) is 0 Å². The fourth-order valence-electron chi connectivity index (χ4n) is 1.87. The van der Waals surface area contributed by atoms with E-state index in [9.17, 15) is 4.79 Å². The van der Waals surface area contributed by atoms with Gasteiger partial charge in [0.2, 0.25) is 0 Å². The minimum absolute atomic E-state index is 0.00338. The lowest BCUT2D eigenvalue weighted by Crippen LogP contribution is -2.28. The van der Waals surface area contributed by atoms with E-state index in [0.717, 1.165) is 17.7 Å². The van der Waals surface area contributed by atoms with E-state index in [-0.39, 0.29) is 6.10 Å². The van der Waals surface area contributed by atoms with E-state index in [1.807, 2.05) is 24.3 Å². The number of nitrogen functional groups attached to an aromatic ring is 1. The van der Waals surface area contributed by atoms with Gasteiger partial charge in [-0.3, -0.25) is 0 Å². The summed E-state index contributed by atoms with van der Waals surface area (Å²) in [5, 5.41) is 8.80. The normalized spacial score (nSPS) is 19.5. The maximum Gasteiger partial charge on any atom is 0.407 e. The topological polar surface area (TPSA) is 75.8 Å². The fraction of sp³-hybridized carbons (Fsp3) is 0.417. The van der Waals surface area contributed by atoms with Crippen molar-refractivity contribution in [1.82, 2.24) is 4.90 Å². The molecule has 17 heavy (non-hydrogen) atoms. The third kappa shape index (κ3) is 3.10. The lowest BCUT2D eigenvalue weighted by molar-refractivity contribution is 0.0466. The first-order chi connectivity index (χ1) is 8.15. The number of carboxylic acid groups (broad SMARTS) is 1. The largest absolute Gasteiger partial charge is 0.465 e. The van der Waals surface area contributed by atoms with Crippen LogP contribution in [0.4, 0.5) is 10.5 Å². The number of carbonyl (C=O) groups is 1. The molecule has 1 fully saturated rings. The van der Waals surface area contributed by atoms with Crippen molar-refractivity contribution in [3.8, 4) is 0 Å². The van der Waals surface area contributed by atoms with Gasteiger partial charge in [-0.1, -0.05) is 12.1 Å². The minimum Gasteiger partial charge on any atom is -0.465 e. The highest BCUT2D eigenvalue weighted by atomic mass is 16.5. The summed E-state index contributed by atoms with van der Waals surface area (Å²) in [6.07, 6.45) is -0.103. The van der Waals surface area contributed by atoms with Gasteiger partial charge < -0.3 is 20.5 Å². The van der Waals surface area contributed by atoms with Crippen molar-refractivity contribution < 1.29 is 14.6 Å². The van der Waals surface area contributed by atoms with Crippen LogP contribution in [0.15, 0.2) is 24.3 Å². The van der Waals surface area contributed by atoms with Crippen LogP contribution in [0.25, 0.3) is 0 Å². The van der Waals surface area contributed by atoms with E-state index in [1.165, 1.54) is 4.90 Å². The summed E-state index contributed by atoms with van der Waals surface area (Å²) in [7, 11) is 0. The molecule has 1 heterocycles. The quantitative estimate of drug-likeness (QED) is 0.780. The van der Waals surface area contributed by atoms with Gasteiger partial charge in [-0.05, 0) is 24.1 Å². The van der Waals surface area contributed by atoms with Gasteiger partial charge >= 0.3 is 6.09 Å². The Morgan fingerprint density at radius 1 is 1.47 bits per heavy atom. The Labute approximate surface area is 99.8 Å². The van der Waals surface area contributed by atoms with Crippen molar-refractivity contribution in [2.45, 2.75) is 19.1 Å². The smallest absolute Gasteiger partial charge is 0.407 e. The van der Waals surface area contributed by atoms with Crippen molar-refractivity contribution >= 4 is 11.8 Å². The number of benzene rings is 1. The zero-order valence-electron chi connectivity index (χ0n) is 9.50. The molecule has 5 nitrogen and oxygen atoms in total. The lowest BCUT2D eigenvalue weighted by Gasteiger charge is -2.13. The summed E-state index contributed by atoms with van der Waals surface area (Å²) >= 11 is 0. The van der Waals surface area contributed by atoms with E-state index >= 15 is 0 Å². The Morgan fingerprint density at radius 3 is 2.76 bits per heavy atom. The van der Waals surface area contributed by atoms with Crippen LogP contribution in [0.2, 0.25) is 0 Å². The van der Waals surface area contributed by atoms with Crippen molar-refractivity contribution in [1.29, 1.82) is 0 Å². The molecular formula is C12H16N2O3. The molecule has 1 unspecified atom stereocenters. The van der Waals surface area contributed by atoms with E-state index in [2.05, 4.69) is 0 Å². The predicted molar refractivity (Wildman–Crippen MR) is 63.6 cm³/mol. The van der Waals surface area contributed by atoms with E-state index < -0.39 is 6.09 Å². The molecule has 2 rings (SSSR count). The number of nitrogens with two attached hydrogens (primary N) is 1. The van der Waals surface area contributed by atoms with E-state index in [1.54, 1.807) is 0 Å². The zero-order chi connectivity index (χ0) is 12.3. The van der Waals surface area contributed by atoms with E-state index in [4.69, 9.17) is 15.6 Å². The second-order valence-corrected chi connectivity index (χ2v) is 4.19. The fourth-order valence-corrected chi connectivity index (χ4v) is 1.87. The molecule has 1 aromatic carbocycles. The molecule has 1 saturated heterocycles. The highest BCUT2D eigenvalue weighted by molar-refractivity contribution is 5.65. The Morgan fingerprint density at radius 2 is 2.18 bits per heavy atom. The lowest BCUT2D eigenvalue weighted by atomic mass is 10.2. The predicted octanol–water partition coefficient (Wildman–Crippen LogP) is 1.54. The van der Waals surface area contributed by atoms with Crippen LogP contribution in [0.5, 0.6) is 0 Å². The van der Waals surface area contributed by atoms with Gasteiger partial charge in [0, 0.05) is 12.2 Å². The molecule has 0 bridgehead atoms. The van der Waals surface area contributed by atoms with Crippen molar-refractivity contribution in [2.24, 2.45) is 0 Å². The Balaban J connectivity index is 1.80. The van der Waals surface area contributed by atoms with Gasteiger partial charge in [0.15, 0.2) is 0 Å². The van der Waals surface area contributed by atoms with Gasteiger partial charge in [0.1, 0.15) is 0 Å². The van der Waals surface area contributed by atoms with Crippen LogP contribution in [0.1, 0.15) is 12.0 Å². The van der Waals surface area contributed by atoms with Gasteiger partial charge in [0.25, 0.3) is 0 Å². The molecule has 5 heteroatoms. The number of amides is 1. The summed E-state index contributed by atoms with van der Waals surface area (Å²) < 4.78 is 5.66. The molecule has 1 aliphatic heterocycles. The number of ether oxygens (including phenoxy) is 1. The monoisotopic (exact) mass is 236 g/mol. The first-order valence-corrected chi connectivity index (χ1v) is 5.59. The summed E-state index contributed by atoms with van der Waals surface area (Å²) in [5.74, 6) is 0. The number of likely N-dealkylation sites (tertiary alicyclic amines) is 1. The van der Waals surface area contributed by atoms with Crippen molar-refractivity contribution in [2.75, 3.05) is 18.8 Å². The third-order valence-corrected chi connectivity index (χ3v) is 2.88. The molecule has 3 N–H and O–H groups in total. The first-order valence-electron chi connectivity index (χ1n) is 5.59. The second-order valence-electron chi connectivity index (χ2n) is 4.19. The van der Waals surface area contributed by atoms with Gasteiger partial charge in [-0.25, -0.2) is 4.79 Å². The van der Waals surface area contributed by atoms with Gasteiger partial charge in [0.05, 0.1) is 19.3 Å². The van der Waals surface area contributed by atoms with Crippen LogP contribution in [0.3, 0.4) is 0 Å². The molecule has 1 aliphatic rings. The molecule has 0 spiro atoms. The third-order valence-electron chi connectivity index (χ3n) is 2.88. The molecule has 1 aromatic rings. The number of rotatable bonds is 3. The van der Waals surface area contributed by atoms with Crippen LogP contribution in [0, 0.1) is 0 Å². The second kappa shape index (κ2) is 5.05. The van der Waals surface area contributed by atoms with Crippen molar-refractivity contribution in [3.63, 3.8) is 0 Å². The molecule has 92 valence electrons. The Kier molecular flexibility index (Phi) is 3.49. The molecule has 0 radical (unpaired) electrons. The highest BCUT2D eigenvalue weighted by Crippen LogP contribution is 2.15. The van der Waals surface area contributed by atoms with Crippen LogP contribution < -0.4 is 5.73 Å². The SMILES string of the molecule is Nc1ccc(COC2CCN(C(=O)O)C2)cc1. The van der Waals surface area contributed by atoms with Crippen LogP contribution in [-0.4, -0.2) is 35.3 Å². The molecule has 1 amide bonds. The minimum atomic E-state index is -0.872. The van der Waals surface area contributed by atoms with Crippen LogP contribution in [-0.2, 0) is 11.3 Å². The highest BCUT2D eigenvalue weighted by Gasteiger charge is 2.26. The Bertz CT molecular complexity index is 391.